The maximum atomic E-state index is 14.9. The van der Waals surface area contributed by atoms with Crippen molar-refractivity contribution in [1.82, 2.24) is 14.7 Å². The summed E-state index contributed by atoms with van der Waals surface area (Å²) < 4.78 is 40.2. The molecule has 2 aromatic rings. The van der Waals surface area contributed by atoms with Gasteiger partial charge in [-0.2, -0.15) is 0 Å². The van der Waals surface area contributed by atoms with Crippen LogP contribution in [0.2, 0.25) is 0 Å². The largest absolute Gasteiger partial charge is 0.459 e. The fourth-order valence-corrected chi connectivity index (χ4v) is 4.99. The van der Waals surface area contributed by atoms with Crippen molar-refractivity contribution >= 4 is 23.9 Å². The number of piperidine rings is 1. The molecular formula is C28H31F2N3O6. The zero-order chi connectivity index (χ0) is 28.1. The summed E-state index contributed by atoms with van der Waals surface area (Å²) in [7, 11) is 0. The van der Waals surface area contributed by atoms with Crippen molar-refractivity contribution in [3.05, 3.63) is 70.8 Å². The summed E-state index contributed by atoms with van der Waals surface area (Å²) in [4.78, 5) is 55.6. The third-order valence-electron chi connectivity index (χ3n) is 7.13. The standard InChI is InChI=1S/C28H31F2N3O6/c1-3-31(4-2)25(34)23-20(29)10-11-21(30)24(23)26(35)32-14-12-19(13-15-32)33-22(17-39-28(33)37)27(36)38-16-18-8-6-5-7-9-18/h5-11,19,22H,3-4,12-17H2,1-2H3. The maximum absolute atomic E-state index is 14.9. The van der Waals surface area contributed by atoms with Crippen LogP contribution in [0.15, 0.2) is 42.5 Å². The number of carbonyl (C=O) groups is 4. The molecule has 208 valence electrons. The fourth-order valence-electron chi connectivity index (χ4n) is 4.99. The first-order valence-electron chi connectivity index (χ1n) is 13.0. The van der Waals surface area contributed by atoms with Gasteiger partial charge < -0.3 is 19.3 Å². The Balaban J connectivity index is 1.45. The molecule has 2 aliphatic heterocycles. The quantitative estimate of drug-likeness (QED) is 0.472. The number of cyclic esters (lactones) is 1. The third kappa shape index (κ3) is 5.86. The van der Waals surface area contributed by atoms with E-state index in [1.807, 2.05) is 30.3 Å². The molecule has 2 fully saturated rings. The molecule has 2 heterocycles. The minimum atomic E-state index is -0.983. The van der Waals surface area contributed by atoms with Gasteiger partial charge in [0.1, 0.15) is 24.8 Å². The van der Waals surface area contributed by atoms with E-state index in [1.165, 1.54) is 14.7 Å². The summed E-state index contributed by atoms with van der Waals surface area (Å²) in [5, 5.41) is 0. The molecule has 0 aromatic heterocycles. The van der Waals surface area contributed by atoms with Crippen LogP contribution in [0.1, 0.15) is 53.0 Å². The minimum Gasteiger partial charge on any atom is -0.459 e. The van der Waals surface area contributed by atoms with Gasteiger partial charge in [0.25, 0.3) is 11.8 Å². The normalized spacial score (nSPS) is 17.6. The Morgan fingerprint density at radius 2 is 1.59 bits per heavy atom. The van der Waals surface area contributed by atoms with Crippen molar-refractivity contribution in [2.24, 2.45) is 0 Å². The van der Waals surface area contributed by atoms with Crippen molar-refractivity contribution in [1.29, 1.82) is 0 Å². The molecule has 2 aliphatic rings. The van der Waals surface area contributed by atoms with E-state index in [0.717, 1.165) is 17.7 Å². The monoisotopic (exact) mass is 543 g/mol. The Bertz CT molecular complexity index is 1230. The molecule has 2 aromatic carbocycles. The lowest BCUT2D eigenvalue weighted by molar-refractivity contribution is -0.150. The van der Waals surface area contributed by atoms with E-state index in [9.17, 15) is 28.0 Å². The smallest absolute Gasteiger partial charge is 0.410 e. The average Bonchev–Trinajstić information content (AvgIpc) is 3.34. The summed E-state index contributed by atoms with van der Waals surface area (Å²) in [6, 6.07) is 9.45. The van der Waals surface area contributed by atoms with Crippen LogP contribution in [-0.2, 0) is 20.9 Å². The number of halogens is 2. The van der Waals surface area contributed by atoms with E-state index >= 15 is 0 Å². The second-order valence-electron chi connectivity index (χ2n) is 9.37. The van der Waals surface area contributed by atoms with E-state index in [0.29, 0.717) is 0 Å². The molecule has 0 aliphatic carbocycles. The van der Waals surface area contributed by atoms with Gasteiger partial charge in [-0.1, -0.05) is 30.3 Å². The Morgan fingerprint density at radius 3 is 2.21 bits per heavy atom. The predicted molar refractivity (Wildman–Crippen MR) is 136 cm³/mol. The first-order chi connectivity index (χ1) is 18.8. The van der Waals surface area contributed by atoms with E-state index in [1.54, 1.807) is 13.8 Å². The maximum Gasteiger partial charge on any atom is 0.410 e. The Kier molecular flexibility index (Phi) is 8.78. The first kappa shape index (κ1) is 28.0. The lowest BCUT2D eigenvalue weighted by Crippen LogP contribution is -2.52. The molecule has 39 heavy (non-hydrogen) atoms. The van der Waals surface area contributed by atoms with Crippen molar-refractivity contribution in [2.45, 2.75) is 45.4 Å². The van der Waals surface area contributed by atoms with Crippen LogP contribution in [-0.4, -0.2) is 83.4 Å². The average molecular weight is 544 g/mol. The molecule has 3 amide bonds. The Labute approximate surface area is 225 Å². The second-order valence-corrected chi connectivity index (χ2v) is 9.37. The van der Waals surface area contributed by atoms with Gasteiger partial charge in [0.15, 0.2) is 6.04 Å². The molecule has 2 saturated heterocycles. The van der Waals surface area contributed by atoms with Gasteiger partial charge in [0.2, 0.25) is 0 Å². The van der Waals surface area contributed by atoms with Crippen LogP contribution in [0.5, 0.6) is 0 Å². The molecule has 0 saturated carbocycles. The fraction of sp³-hybridized carbons (Fsp3) is 0.429. The van der Waals surface area contributed by atoms with E-state index < -0.39 is 58.7 Å². The SMILES string of the molecule is CCN(CC)C(=O)c1c(F)ccc(F)c1C(=O)N1CCC(N2C(=O)OCC2C(=O)OCc2ccccc2)CC1. The van der Waals surface area contributed by atoms with Crippen LogP contribution in [0.25, 0.3) is 0 Å². The summed E-state index contributed by atoms with van der Waals surface area (Å²) in [5.74, 6) is -4.10. The Hall–Kier alpha value is -4.02. The van der Waals surface area contributed by atoms with E-state index in [2.05, 4.69) is 0 Å². The molecule has 11 heteroatoms. The number of nitrogens with zero attached hydrogens (tertiary/aromatic N) is 3. The number of ether oxygens (including phenoxy) is 2. The van der Waals surface area contributed by atoms with Gasteiger partial charge in [-0.25, -0.2) is 18.4 Å². The van der Waals surface area contributed by atoms with Crippen LogP contribution in [0.4, 0.5) is 13.6 Å². The number of hydrogen-bond acceptors (Lipinski definition) is 6. The van der Waals surface area contributed by atoms with E-state index in [-0.39, 0.29) is 52.2 Å². The second kappa shape index (κ2) is 12.2. The van der Waals surface area contributed by atoms with Crippen LogP contribution in [0, 0.1) is 11.6 Å². The number of carbonyl (C=O) groups excluding carboxylic acids is 4. The van der Waals surface area contributed by atoms with Gasteiger partial charge in [-0.05, 0) is 44.4 Å². The molecule has 0 spiro atoms. The zero-order valence-electron chi connectivity index (χ0n) is 21.9. The Morgan fingerprint density at radius 1 is 0.974 bits per heavy atom. The zero-order valence-corrected chi connectivity index (χ0v) is 21.9. The summed E-state index contributed by atoms with van der Waals surface area (Å²) in [6.45, 7) is 4.08. The number of amides is 3. The number of hydrogen-bond donors (Lipinski definition) is 0. The number of esters is 1. The number of likely N-dealkylation sites (tertiary alicyclic amines) is 1. The van der Waals surface area contributed by atoms with Crippen molar-refractivity contribution in [2.75, 3.05) is 32.8 Å². The highest BCUT2D eigenvalue weighted by molar-refractivity contribution is 6.07. The van der Waals surface area contributed by atoms with Crippen LogP contribution >= 0.6 is 0 Å². The van der Waals surface area contributed by atoms with Crippen LogP contribution < -0.4 is 0 Å². The van der Waals surface area contributed by atoms with Gasteiger partial charge >= 0.3 is 12.1 Å². The van der Waals surface area contributed by atoms with Crippen molar-refractivity contribution < 1.29 is 37.4 Å². The van der Waals surface area contributed by atoms with Crippen molar-refractivity contribution in [3.63, 3.8) is 0 Å². The van der Waals surface area contributed by atoms with Crippen LogP contribution in [0.3, 0.4) is 0 Å². The molecule has 0 N–H and O–H groups in total. The van der Waals surface area contributed by atoms with E-state index in [4.69, 9.17) is 9.47 Å². The molecule has 1 atom stereocenters. The molecule has 4 rings (SSSR count). The lowest BCUT2D eigenvalue weighted by atomic mass is 9.98. The topological polar surface area (TPSA) is 96.5 Å². The molecule has 1 unspecified atom stereocenters. The van der Waals surface area contributed by atoms with Gasteiger partial charge in [-0.15, -0.1) is 0 Å². The highest BCUT2D eigenvalue weighted by Gasteiger charge is 2.44. The van der Waals surface area contributed by atoms with Gasteiger partial charge in [0.05, 0.1) is 11.1 Å². The van der Waals surface area contributed by atoms with Gasteiger partial charge in [0, 0.05) is 32.2 Å². The number of rotatable bonds is 8. The molecule has 0 bridgehead atoms. The molecule has 0 radical (unpaired) electrons. The first-order valence-corrected chi connectivity index (χ1v) is 13.0. The highest BCUT2D eigenvalue weighted by atomic mass is 19.1. The minimum absolute atomic E-state index is 0.0545. The molecule has 9 nitrogen and oxygen atoms in total. The highest BCUT2D eigenvalue weighted by Crippen LogP contribution is 2.28. The lowest BCUT2D eigenvalue weighted by Gasteiger charge is -2.37. The summed E-state index contributed by atoms with van der Waals surface area (Å²) >= 11 is 0. The van der Waals surface area contributed by atoms with Gasteiger partial charge in [-0.3, -0.25) is 14.5 Å². The predicted octanol–water partition coefficient (Wildman–Crippen LogP) is 3.62. The van der Waals surface area contributed by atoms with Crippen molar-refractivity contribution in [3.8, 4) is 0 Å². The third-order valence-corrected chi connectivity index (χ3v) is 7.13. The number of benzene rings is 2. The summed E-state index contributed by atoms with van der Waals surface area (Å²) in [6.07, 6.45) is -0.0937. The summed E-state index contributed by atoms with van der Waals surface area (Å²) in [5.41, 5.74) is -0.388. The molecular weight excluding hydrogens is 512 g/mol.